The zero-order chi connectivity index (χ0) is 24.3. The number of rotatable bonds is 8. The molecule has 0 amide bonds. The summed E-state index contributed by atoms with van der Waals surface area (Å²) in [7, 11) is 0. The van der Waals surface area contributed by atoms with Gasteiger partial charge in [-0.05, 0) is 43.5 Å². The number of carbonyl (C=O) groups is 1. The molecular formula is C25H25N7O3. The van der Waals surface area contributed by atoms with Gasteiger partial charge in [0.25, 0.3) is 5.89 Å². The summed E-state index contributed by atoms with van der Waals surface area (Å²) in [5, 5.41) is 4.32. The van der Waals surface area contributed by atoms with E-state index in [0.717, 1.165) is 47.3 Å². The Morgan fingerprint density at radius 2 is 1.83 bits per heavy atom. The number of nitrogen functional groups attached to an aromatic ring is 1. The Balaban J connectivity index is 1.32. The third-order valence-corrected chi connectivity index (χ3v) is 6.31. The van der Waals surface area contributed by atoms with Gasteiger partial charge in [0.2, 0.25) is 5.95 Å². The highest BCUT2D eigenvalue weighted by atomic mass is 16.5. The number of esters is 1. The maximum Gasteiger partial charge on any atom is 0.306 e. The number of nitrogens with zero attached hydrogens (tertiary/aromatic N) is 6. The lowest BCUT2D eigenvalue weighted by Crippen LogP contribution is -2.36. The molecule has 0 saturated heterocycles. The van der Waals surface area contributed by atoms with Gasteiger partial charge >= 0.3 is 5.97 Å². The number of anilines is 1. The zero-order valence-electron chi connectivity index (χ0n) is 19.3. The van der Waals surface area contributed by atoms with Gasteiger partial charge in [-0.3, -0.25) is 14.8 Å². The van der Waals surface area contributed by atoms with E-state index in [4.69, 9.17) is 20.0 Å². The van der Waals surface area contributed by atoms with Crippen LogP contribution in [-0.2, 0) is 21.4 Å². The number of carbonyl (C=O) groups excluding carboxylic acids is 1. The number of pyridine rings is 2. The number of hydrogen-bond acceptors (Lipinski definition) is 10. The van der Waals surface area contributed by atoms with E-state index >= 15 is 0 Å². The van der Waals surface area contributed by atoms with E-state index in [1.54, 1.807) is 25.5 Å². The number of aromatic nitrogens is 6. The van der Waals surface area contributed by atoms with E-state index < -0.39 is 0 Å². The Morgan fingerprint density at radius 3 is 2.46 bits per heavy atom. The number of hydrogen-bond donors (Lipinski definition) is 1. The Kier molecular flexibility index (Phi) is 6.17. The van der Waals surface area contributed by atoms with Crippen molar-refractivity contribution in [3.05, 3.63) is 66.1 Å². The minimum Gasteiger partial charge on any atom is -0.466 e. The molecule has 10 heteroatoms. The van der Waals surface area contributed by atoms with Crippen LogP contribution in [0.3, 0.4) is 0 Å². The lowest BCUT2D eigenvalue weighted by molar-refractivity contribution is -0.143. The summed E-state index contributed by atoms with van der Waals surface area (Å²) < 4.78 is 10.6. The predicted octanol–water partition coefficient (Wildman–Crippen LogP) is 3.53. The molecule has 1 aliphatic rings. The van der Waals surface area contributed by atoms with E-state index in [0.29, 0.717) is 31.2 Å². The van der Waals surface area contributed by atoms with Crippen LogP contribution in [0.15, 0.2) is 53.6 Å². The van der Waals surface area contributed by atoms with Gasteiger partial charge < -0.3 is 15.0 Å². The Hall–Kier alpha value is -4.21. The van der Waals surface area contributed by atoms with Crippen LogP contribution < -0.4 is 5.73 Å². The largest absolute Gasteiger partial charge is 0.466 e. The molecule has 10 nitrogen and oxygen atoms in total. The molecule has 35 heavy (non-hydrogen) atoms. The first-order valence-corrected chi connectivity index (χ1v) is 11.6. The number of ether oxygens (including phenoxy) is 1. The van der Waals surface area contributed by atoms with Gasteiger partial charge in [0.1, 0.15) is 0 Å². The predicted molar refractivity (Wildman–Crippen MR) is 127 cm³/mol. The van der Waals surface area contributed by atoms with E-state index in [-0.39, 0.29) is 17.3 Å². The van der Waals surface area contributed by atoms with Crippen LogP contribution in [0.4, 0.5) is 5.95 Å². The summed E-state index contributed by atoms with van der Waals surface area (Å²) in [5.74, 6) is 1.07. The molecule has 4 aromatic heterocycles. The summed E-state index contributed by atoms with van der Waals surface area (Å²) >= 11 is 0. The van der Waals surface area contributed by atoms with Crippen molar-refractivity contribution in [2.45, 2.75) is 44.4 Å². The Labute approximate surface area is 202 Å². The molecule has 1 saturated carbocycles. The van der Waals surface area contributed by atoms with E-state index in [1.807, 2.05) is 30.5 Å². The van der Waals surface area contributed by atoms with Gasteiger partial charge in [0.15, 0.2) is 5.82 Å². The van der Waals surface area contributed by atoms with Gasteiger partial charge in [-0.15, -0.1) is 0 Å². The van der Waals surface area contributed by atoms with Gasteiger partial charge in [-0.2, -0.15) is 4.98 Å². The first-order chi connectivity index (χ1) is 17.1. The van der Waals surface area contributed by atoms with Crippen LogP contribution in [0, 0.1) is 0 Å². The highest BCUT2D eigenvalue weighted by Crippen LogP contribution is 2.48. The molecule has 4 heterocycles. The van der Waals surface area contributed by atoms with Gasteiger partial charge in [-0.25, -0.2) is 9.97 Å². The molecule has 178 valence electrons. The average Bonchev–Trinajstić information content (AvgIpc) is 3.34. The molecule has 0 atom stereocenters. The van der Waals surface area contributed by atoms with Gasteiger partial charge in [0, 0.05) is 42.5 Å². The standard InChI is InChI=1S/C25H25N7O3/c1-2-34-21(33)9-7-19-6-4-16(12-27-19)22-31-23(32-35-22)25(10-3-11-25)18-5-8-20(28-15-18)17-13-29-24(26)30-14-17/h4-6,8,12-15H,2-3,7,9-11H2,1H3,(H2,26,29,30). The van der Waals surface area contributed by atoms with Crippen molar-refractivity contribution in [1.29, 1.82) is 0 Å². The third kappa shape index (κ3) is 4.59. The van der Waals surface area contributed by atoms with Crippen molar-refractivity contribution >= 4 is 11.9 Å². The molecule has 0 unspecified atom stereocenters. The van der Waals surface area contributed by atoms with Crippen molar-refractivity contribution in [2.24, 2.45) is 0 Å². The quantitative estimate of drug-likeness (QED) is 0.379. The summed E-state index contributed by atoms with van der Waals surface area (Å²) in [6.45, 7) is 2.17. The first kappa shape index (κ1) is 22.6. The molecule has 5 rings (SSSR count). The number of aryl methyl sites for hydroxylation is 1. The molecular weight excluding hydrogens is 446 g/mol. The Morgan fingerprint density at radius 1 is 1.03 bits per heavy atom. The number of nitrogens with two attached hydrogens (primary N) is 1. The smallest absolute Gasteiger partial charge is 0.306 e. The van der Waals surface area contributed by atoms with E-state index in [1.165, 1.54) is 0 Å². The third-order valence-electron chi connectivity index (χ3n) is 6.31. The molecule has 0 aliphatic heterocycles. The minimum absolute atomic E-state index is 0.227. The highest BCUT2D eigenvalue weighted by Gasteiger charge is 2.44. The van der Waals surface area contributed by atoms with E-state index in [2.05, 4.69) is 25.1 Å². The molecule has 1 fully saturated rings. The van der Waals surface area contributed by atoms with Crippen molar-refractivity contribution in [2.75, 3.05) is 12.3 Å². The molecule has 0 radical (unpaired) electrons. The van der Waals surface area contributed by atoms with Gasteiger partial charge in [0.05, 0.1) is 29.7 Å². The minimum atomic E-state index is -0.322. The second-order valence-corrected chi connectivity index (χ2v) is 8.46. The zero-order valence-corrected chi connectivity index (χ0v) is 19.3. The topological polar surface area (TPSA) is 143 Å². The molecule has 4 aromatic rings. The van der Waals surface area contributed by atoms with Crippen LogP contribution >= 0.6 is 0 Å². The monoisotopic (exact) mass is 471 g/mol. The van der Waals surface area contributed by atoms with Crippen LogP contribution in [0.25, 0.3) is 22.7 Å². The molecule has 0 spiro atoms. The van der Waals surface area contributed by atoms with Crippen molar-refractivity contribution < 1.29 is 14.1 Å². The van der Waals surface area contributed by atoms with Gasteiger partial charge in [-0.1, -0.05) is 17.6 Å². The van der Waals surface area contributed by atoms with Crippen LogP contribution in [0.1, 0.15) is 49.7 Å². The van der Waals surface area contributed by atoms with Crippen LogP contribution in [0.5, 0.6) is 0 Å². The maximum absolute atomic E-state index is 11.6. The van der Waals surface area contributed by atoms with Crippen molar-refractivity contribution in [3.8, 4) is 22.7 Å². The van der Waals surface area contributed by atoms with Crippen molar-refractivity contribution in [1.82, 2.24) is 30.1 Å². The fourth-order valence-electron chi connectivity index (χ4n) is 4.19. The summed E-state index contributed by atoms with van der Waals surface area (Å²) in [5.41, 5.74) is 9.40. The molecule has 2 N–H and O–H groups in total. The summed E-state index contributed by atoms with van der Waals surface area (Å²) in [6, 6.07) is 7.74. The maximum atomic E-state index is 11.6. The normalized spacial score (nSPS) is 14.3. The summed E-state index contributed by atoms with van der Waals surface area (Å²) in [4.78, 5) is 33.4. The molecule has 0 aromatic carbocycles. The van der Waals surface area contributed by atoms with Crippen LogP contribution in [0.2, 0.25) is 0 Å². The summed E-state index contributed by atoms with van der Waals surface area (Å²) in [6.07, 6.45) is 10.6. The van der Waals surface area contributed by atoms with E-state index in [9.17, 15) is 4.79 Å². The fraction of sp³-hybridized carbons (Fsp3) is 0.320. The molecule has 1 aliphatic carbocycles. The fourth-order valence-corrected chi connectivity index (χ4v) is 4.19. The molecule has 0 bridgehead atoms. The second kappa shape index (κ2) is 9.57. The van der Waals surface area contributed by atoms with Crippen molar-refractivity contribution in [3.63, 3.8) is 0 Å². The Bertz CT molecular complexity index is 1300. The lowest BCUT2D eigenvalue weighted by Gasteiger charge is -2.39. The first-order valence-electron chi connectivity index (χ1n) is 11.6. The SMILES string of the molecule is CCOC(=O)CCc1ccc(-c2nc(C3(c4ccc(-c5cnc(N)nc5)nc4)CCC3)no2)cn1. The second-order valence-electron chi connectivity index (χ2n) is 8.46. The average molecular weight is 472 g/mol. The lowest BCUT2D eigenvalue weighted by atomic mass is 9.64. The highest BCUT2D eigenvalue weighted by molar-refractivity contribution is 5.69. The van der Waals surface area contributed by atoms with Crippen LogP contribution in [-0.4, -0.2) is 42.7 Å².